The first-order chi connectivity index (χ1) is 15.6. The fourth-order valence-corrected chi connectivity index (χ4v) is 5.71. The molecule has 1 N–H and O–H groups in total. The van der Waals surface area contributed by atoms with Crippen molar-refractivity contribution in [1.29, 1.82) is 0 Å². The van der Waals surface area contributed by atoms with E-state index >= 15 is 0 Å². The summed E-state index contributed by atoms with van der Waals surface area (Å²) in [5.74, 6) is 0.331. The largest absolute Gasteiger partial charge is 0.492 e. The van der Waals surface area contributed by atoms with Crippen molar-refractivity contribution in [1.82, 2.24) is 5.32 Å². The topological polar surface area (TPSA) is 75.7 Å². The van der Waals surface area contributed by atoms with Crippen LogP contribution in [0, 0.1) is 0 Å². The number of carbonyl (C=O) groups is 2. The highest BCUT2D eigenvalue weighted by Crippen LogP contribution is 2.41. The number of anilines is 2. The normalized spacial score (nSPS) is 16.6. The highest BCUT2D eigenvalue weighted by Gasteiger charge is 2.27. The molecule has 2 aliphatic heterocycles. The second-order valence-corrected chi connectivity index (χ2v) is 9.56. The smallest absolute Gasteiger partial charge is 0.290 e. The summed E-state index contributed by atoms with van der Waals surface area (Å²) in [4.78, 5) is 27.1. The molecular formula is C24H18N2O4S2. The maximum absolute atomic E-state index is 12.9. The van der Waals surface area contributed by atoms with Crippen molar-refractivity contribution in [3.63, 3.8) is 0 Å². The van der Waals surface area contributed by atoms with Crippen LogP contribution in [0.4, 0.5) is 16.2 Å². The molecule has 0 unspecified atom stereocenters. The number of benzene rings is 3. The van der Waals surface area contributed by atoms with E-state index in [-0.39, 0.29) is 11.1 Å². The highest BCUT2D eigenvalue weighted by molar-refractivity contribution is 8.18. The fraction of sp³-hybridized carbons (Fsp3) is 0.0833. The summed E-state index contributed by atoms with van der Waals surface area (Å²) in [6.07, 6.45) is 1.68. The van der Waals surface area contributed by atoms with Crippen molar-refractivity contribution in [2.75, 3.05) is 18.1 Å². The number of nitrogens with one attached hydrogen (secondary N) is 1. The van der Waals surface area contributed by atoms with Crippen LogP contribution >= 0.6 is 11.8 Å². The fourth-order valence-electron chi connectivity index (χ4n) is 3.65. The molecule has 0 bridgehead atoms. The van der Waals surface area contributed by atoms with E-state index in [0.717, 1.165) is 38.5 Å². The summed E-state index contributed by atoms with van der Waals surface area (Å²) in [5.41, 5.74) is 2.67. The molecule has 1 saturated heterocycles. The number of para-hydroxylation sites is 2. The Hall–Kier alpha value is -3.36. The van der Waals surface area contributed by atoms with Crippen molar-refractivity contribution in [2.24, 2.45) is 0 Å². The quantitative estimate of drug-likeness (QED) is 0.554. The lowest BCUT2D eigenvalue weighted by Crippen LogP contribution is -2.28. The van der Waals surface area contributed by atoms with E-state index < -0.39 is 10.8 Å². The Morgan fingerprint density at radius 3 is 2.12 bits per heavy atom. The molecule has 5 rings (SSSR count). The molecule has 0 radical (unpaired) electrons. The Labute approximate surface area is 191 Å². The van der Waals surface area contributed by atoms with Gasteiger partial charge in [0.2, 0.25) is 0 Å². The first kappa shape index (κ1) is 20.5. The van der Waals surface area contributed by atoms with Gasteiger partial charge in [-0.05, 0) is 59.8 Å². The average Bonchev–Trinajstić information content (AvgIpc) is 3.13. The molecule has 0 spiro atoms. The molecule has 0 atom stereocenters. The van der Waals surface area contributed by atoms with Gasteiger partial charge in [-0.3, -0.25) is 14.9 Å². The third kappa shape index (κ3) is 3.94. The Morgan fingerprint density at radius 1 is 0.906 bits per heavy atom. The van der Waals surface area contributed by atoms with Gasteiger partial charge in [0, 0.05) is 0 Å². The van der Waals surface area contributed by atoms with E-state index in [1.165, 1.54) is 0 Å². The van der Waals surface area contributed by atoms with Crippen molar-refractivity contribution < 1.29 is 18.5 Å². The predicted molar refractivity (Wildman–Crippen MR) is 126 cm³/mol. The standard InChI is InChI=1S/C24H18N2O4S2/c27-23-20(31-24(28)25-23)15-16-9-11-17(12-10-16)30-14-13-26-18-5-1-3-7-21(18)32(29)22-8-4-2-6-19(22)26/h1-12,15H,13-14H2,(H,25,27,28). The third-order valence-electron chi connectivity index (χ3n) is 5.12. The number of nitrogens with zero attached hydrogens (tertiary/aromatic N) is 1. The zero-order valence-corrected chi connectivity index (χ0v) is 18.4. The second-order valence-electron chi connectivity index (χ2n) is 7.13. The molecule has 0 aliphatic carbocycles. The van der Waals surface area contributed by atoms with E-state index in [1.807, 2.05) is 72.8 Å². The van der Waals surface area contributed by atoms with Gasteiger partial charge in [0.25, 0.3) is 11.1 Å². The van der Waals surface area contributed by atoms with Gasteiger partial charge in [-0.15, -0.1) is 0 Å². The number of hydrogen-bond acceptors (Lipinski definition) is 6. The van der Waals surface area contributed by atoms with Crippen LogP contribution in [0.1, 0.15) is 5.56 Å². The number of fused-ring (bicyclic) bond motifs is 2. The van der Waals surface area contributed by atoms with Gasteiger partial charge in [-0.25, -0.2) is 4.21 Å². The lowest BCUT2D eigenvalue weighted by Gasteiger charge is -2.32. The predicted octanol–water partition coefficient (Wildman–Crippen LogP) is 4.71. The second kappa shape index (κ2) is 8.64. The molecule has 32 heavy (non-hydrogen) atoms. The van der Waals surface area contributed by atoms with Gasteiger partial charge >= 0.3 is 0 Å². The lowest BCUT2D eigenvalue weighted by atomic mass is 10.2. The summed E-state index contributed by atoms with van der Waals surface area (Å²) in [7, 11) is -1.20. The van der Waals surface area contributed by atoms with Crippen molar-refractivity contribution in [3.8, 4) is 5.75 Å². The van der Waals surface area contributed by atoms with Gasteiger partial charge in [-0.1, -0.05) is 36.4 Å². The van der Waals surface area contributed by atoms with E-state index in [0.29, 0.717) is 23.8 Å². The summed E-state index contributed by atoms with van der Waals surface area (Å²) in [6.45, 7) is 1.03. The SMILES string of the molecule is O=C1NC(=O)C(=Cc2ccc(OCCN3c4ccccc4S(=O)c4ccccc43)cc2)S1. The van der Waals surface area contributed by atoms with E-state index in [1.54, 1.807) is 6.08 Å². The molecule has 2 aliphatic rings. The molecule has 8 heteroatoms. The molecule has 2 heterocycles. The zero-order chi connectivity index (χ0) is 22.1. The van der Waals surface area contributed by atoms with E-state index in [9.17, 15) is 13.8 Å². The summed E-state index contributed by atoms with van der Waals surface area (Å²) in [5, 5.41) is 1.89. The van der Waals surface area contributed by atoms with Gasteiger partial charge in [0.15, 0.2) is 0 Å². The summed E-state index contributed by atoms with van der Waals surface area (Å²) < 4.78 is 18.9. The monoisotopic (exact) mass is 462 g/mol. The van der Waals surface area contributed by atoms with Gasteiger partial charge in [-0.2, -0.15) is 0 Å². The molecule has 0 saturated carbocycles. The van der Waals surface area contributed by atoms with Gasteiger partial charge in [0.1, 0.15) is 12.4 Å². The Balaban J connectivity index is 1.29. The first-order valence-corrected chi connectivity index (χ1v) is 11.9. The van der Waals surface area contributed by atoms with Crippen LogP contribution in [-0.2, 0) is 15.6 Å². The minimum atomic E-state index is -1.20. The van der Waals surface area contributed by atoms with Crippen LogP contribution in [0.2, 0.25) is 0 Å². The zero-order valence-electron chi connectivity index (χ0n) is 16.8. The number of ether oxygens (including phenoxy) is 1. The third-order valence-corrected chi connectivity index (χ3v) is 7.42. The van der Waals surface area contributed by atoms with Gasteiger partial charge in [0.05, 0.1) is 43.4 Å². The number of imide groups is 1. The Morgan fingerprint density at radius 2 is 1.53 bits per heavy atom. The maximum Gasteiger partial charge on any atom is 0.290 e. The minimum Gasteiger partial charge on any atom is -0.492 e. The van der Waals surface area contributed by atoms with Crippen LogP contribution in [0.25, 0.3) is 6.08 Å². The maximum atomic E-state index is 12.9. The minimum absolute atomic E-state index is 0.356. The van der Waals surface area contributed by atoms with Crippen LogP contribution in [0.5, 0.6) is 5.75 Å². The average molecular weight is 463 g/mol. The summed E-state index contributed by atoms with van der Waals surface area (Å²) >= 11 is 0.894. The van der Waals surface area contributed by atoms with Gasteiger partial charge < -0.3 is 9.64 Å². The number of amides is 2. The van der Waals surface area contributed by atoms with Crippen LogP contribution in [0.15, 0.2) is 87.5 Å². The van der Waals surface area contributed by atoms with Crippen LogP contribution in [0.3, 0.4) is 0 Å². The van der Waals surface area contributed by atoms with Crippen molar-refractivity contribution in [2.45, 2.75) is 9.79 Å². The molecule has 160 valence electrons. The molecular weight excluding hydrogens is 444 g/mol. The van der Waals surface area contributed by atoms with Crippen LogP contribution < -0.4 is 15.0 Å². The molecule has 3 aromatic carbocycles. The lowest BCUT2D eigenvalue weighted by molar-refractivity contribution is -0.115. The number of carbonyl (C=O) groups excluding carboxylic acids is 2. The first-order valence-electron chi connectivity index (χ1n) is 9.95. The molecule has 0 aromatic heterocycles. The molecule has 2 amide bonds. The number of thioether (sulfide) groups is 1. The number of rotatable bonds is 5. The summed E-state index contributed by atoms with van der Waals surface area (Å²) in [6, 6.07) is 22.8. The van der Waals surface area contributed by atoms with E-state index in [2.05, 4.69) is 10.2 Å². The van der Waals surface area contributed by atoms with Crippen LogP contribution in [-0.4, -0.2) is 28.5 Å². The highest BCUT2D eigenvalue weighted by atomic mass is 32.2. The van der Waals surface area contributed by atoms with Crippen molar-refractivity contribution >= 4 is 51.2 Å². The number of hydrogen-bond donors (Lipinski definition) is 1. The van der Waals surface area contributed by atoms with Crippen molar-refractivity contribution in [3.05, 3.63) is 83.3 Å². The van der Waals surface area contributed by atoms with E-state index in [4.69, 9.17) is 4.74 Å². The Kier molecular flexibility index (Phi) is 5.55. The molecule has 3 aromatic rings. The Bertz CT molecular complexity index is 1220. The molecule has 6 nitrogen and oxygen atoms in total. The molecule has 1 fully saturated rings.